The van der Waals surface area contributed by atoms with Gasteiger partial charge in [0.2, 0.25) is 5.91 Å². The SMILES string of the molecule is CC(=O)N1CCN(C(=O)COC(=O)CNC(=O)c2ccc(C)c(C)c2)CC1. The Morgan fingerprint density at radius 2 is 1.63 bits per heavy atom. The van der Waals surface area contributed by atoms with Crippen molar-refractivity contribution in [3.63, 3.8) is 0 Å². The van der Waals surface area contributed by atoms with Crippen LogP contribution in [0, 0.1) is 13.8 Å². The number of nitrogens with zero attached hydrogens (tertiary/aromatic N) is 2. The van der Waals surface area contributed by atoms with Crippen LogP contribution in [0.5, 0.6) is 0 Å². The number of nitrogens with one attached hydrogen (secondary N) is 1. The van der Waals surface area contributed by atoms with Crippen LogP contribution in [0.3, 0.4) is 0 Å². The van der Waals surface area contributed by atoms with Crippen LogP contribution < -0.4 is 5.32 Å². The molecule has 0 unspecified atom stereocenters. The number of carbonyl (C=O) groups is 4. The topological polar surface area (TPSA) is 96.0 Å². The lowest BCUT2D eigenvalue weighted by molar-refractivity contribution is -0.152. The minimum Gasteiger partial charge on any atom is -0.454 e. The van der Waals surface area contributed by atoms with E-state index < -0.39 is 5.97 Å². The molecule has 1 aromatic carbocycles. The Morgan fingerprint density at radius 1 is 1.00 bits per heavy atom. The molecule has 0 aromatic heterocycles. The molecule has 1 heterocycles. The highest BCUT2D eigenvalue weighted by molar-refractivity contribution is 5.96. The van der Waals surface area contributed by atoms with E-state index >= 15 is 0 Å². The molecule has 1 fully saturated rings. The largest absolute Gasteiger partial charge is 0.454 e. The summed E-state index contributed by atoms with van der Waals surface area (Å²) in [6.45, 7) is 6.44. The monoisotopic (exact) mass is 375 g/mol. The summed E-state index contributed by atoms with van der Waals surface area (Å²) >= 11 is 0. The minimum atomic E-state index is -0.678. The van der Waals surface area contributed by atoms with Crippen LogP contribution in [0.1, 0.15) is 28.4 Å². The molecule has 0 atom stereocenters. The van der Waals surface area contributed by atoms with Crippen LogP contribution in [0.15, 0.2) is 18.2 Å². The highest BCUT2D eigenvalue weighted by Crippen LogP contribution is 2.09. The summed E-state index contributed by atoms with van der Waals surface area (Å²) in [5.41, 5.74) is 2.53. The van der Waals surface area contributed by atoms with Crippen LogP contribution in [0.25, 0.3) is 0 Å². The van der Waals surface area contributed by atoms with Gasteiger partial charge in [-0.1, -0.05) is 6.07 Å². The average molecular weight is 375 g/mol. The molecule has 8 heteroatoms. The summed E-state index contributed by atoms with van der Waals surface area (Å²) < 4.78 is 4.94. The zero-order valence-corrected chi connectivity index (χ0v) is 15.9. The summed E-state index contributed by atoms with van der Waals surface area (Å²) in [5, 5.41) is 2.48. The second kappa shape index (κ2) is 9.16. The van der Waals surface area contributed by atoms with Gasteiger partial charge >= 0.3 is 5.97 Å². The third kappa shape index (κ3) is 5.80. The third-order valence-electron chi connectivity index (χ3n) is 4.60. The Labute approximate surface area is 158 Å². The molecule has 8 nitrogen and oxygen atoms in total. The second-order valence-electron chi connectivity index (χ2n) is 6.53. The van der Waals surface area contributed by atoms with Crippen molar-refractivity contribution < 1.29 is 23.9 Å². The van der Waals surface area contributed by atoms with Crippen molar-refractivity contribution in [3.8, 4) is 0 Å². The molecule has 0 spiro atoms. The number of benzene rings is 1. The Morgan fingerprint density at radius 3 is 2.22 bits per heavy atom. The maximum Gasteiger partial charge on any atom is 0.325 e. The summed E-state index contributed by atoms with van der Waals surface area (Å²) in [6.07, 6.45) is 0. The molecule has 1 aromatic rings. The van der Waals surface area contributed by atoms with E-state index in [-0.39, 0.29) is 30.9 Å². The highest BCUT2D eigenvalue weighted by Gasteiger charge is 2.23. The number of esters is 1. The molecule has 1 saturated heterocycles. The van der Waals surface area contributed by atoms with Crippen LogP contribution in [-0.2, 0) is 19.1 Å². The number of ether oxygens (including phenoxy) is 1. The fourth-order valence-electron chi connectivity index (χ4n) is 2.69. The van der Waals surface area contributed by atoms with Crippen LogP contribution in [0.4, 0.5) is 0 Å². The van der Waals surface area contributed by atoms with Gasteiger partial charge in [-0.05, 0) is 37.1 Å². The Balaban J connectivity index is 1.71. The maximum absolute atomic E-state index is 12.1. The Bertz CT molecular complexity index is 739. The molecule has 0 radical (unpaired) electrons. The van der Waals surface area contributed by atoms with Crippen molar-refractivity contribution in [1.29, 1.82) is 0 Å². The van der Waals surface area contributed by atoms with E-state index in [0.717, 1.165) is 11.1 Å². The van der Waals surface area contributed by atoms with Gasteiger partial charge in [0.1, 0.15) is 6.54 Å². The van der Waals surface area contributed by atoms with Crippen molar-refractivity contribution >= 4 is 23.7 Å². The van der Waals surface area contributed by atoms with Gasteiger partial charge in [0.15, 0.2) is 6.61 Å². The van der Waals surface area contributed by atoms with Gasteiger partial charge in [-0.3, -0.25) is 19.2 Å². The maximum atomic E-state index is 12.1. The van der Waals surface area contributed by atoms with E-state index in [4.69, 9.17) is 4.74 Å². The first-order chi connectivity index (χ1) is 12.8. The van der Waals surface area contributed by atoms with Gasteiger partial charge in [0.25, 0.3) is 11.8 Å². The molecule has 1 N–H and O–H groups in total. The molecule has 146 valence electrons. The molecule has 1 aliphatic heterocycles. The lowest BCUT2D eigenvalue weighted by atomic mass is 10.1. The van der Waals surface area contributed by atoms with E-state index in [1.165, 1.54) is 6.92 Å². The predicted molar refractivity (Wildman–Crippen MR) is 98.0 cm³/mol. The van der Waals surface area contributed by atoms with Crippen molar-refractivity contribution in [2.75, 3.05) is 39.3 Å². The Hall–Kier alpha value is -2.90. The molecule has 0 bridgehead atoms. The summed E-state index contributed by atoms with van der Waals surface area (Å²) in [4.78, 5) is 50.4. The molecule has 3 amide bonds. The molecule has 2 rings (SSSR count). The molecular weight excluding hydrogens is 350 g/mol. The number of hydrogen-bond donors (Lipinski definition) is 1. The van der Waals surface area contributed by atoms with Gasteiger partial charge in [-0.15, -0.1) is 0 Å². The molecule has 27 heavy (non-hydrogen) atoms. The molecule has 0 aliphatic carbocycles. The van der Waals surface area contributed by atoms with E-state index in [1.54, 1.807) is 21.9 Å². The first-order valence-corrected chi connectivity index (χ1v) is 8.82. The summed E-state index contributed by atoms with van der Waals surface area (Å²) in [6, 6.07) is 5.28. The average Bonchev–Trinajstić information content (AvgIpc) is 2.66. The lowest BCUT2D eigenvalue weighted by Crippen LogP contribution is -2.51. The Kier molecular flexibility index (Phi) is 6.92. The predicted octanol–water partition coefficient (Wildman–Crippen LogP) is 0.267. The van der Waals surface area contributed by atoms with E-state index in [0.29, 0.717) is 31.7 Å². The smallest absolute Gasteiger partial charge is 0.325 e. The van der Waals surface area contributed by atoms with Crippen molar-refractivity contribution in [2.45, 2.75) is 20.8 Å². The standard InChI is InChI=1S/C19H25N3O5/c1-13-4-5-16(10-14(13)2)19(26)20-11-18(25)27-12-17(24)22-8-6-21(7-9-22)15(3)23/h4-5,10H,6-9,11-12H2,1-3H3,(H,20,26). The molecular formula is C19H25N3O5. The minimum absolute atomic E-state index is 0.0203. The zero-order valence-electron chi connectivity index (χ0n) is 15.9. The van der Waals surface area contributed by atoms with Gasteiger partial charge in [0, 0.05) is 38.7 Å². The van der Waals surface area contributed by atoms with Crippen molar-refractivity contribution in [3.05, 3.63) is 34.9 Å². The number of aryl methyl sites for hydroxylation is 2. The highest BCUT2D eigenvalue weighted by atomic mass is 16.5. The summed E-state index contributed by atoms with van der Waals surface area (Å²) in [5.74, 6) is -1.38. The second-order valence-corrected chi connectivity index (χ2v) is 6.53. The first kappa shape index (κ1) is 20.4. The van der Waals surface area contributed by atoms with Crippen LogP contribution >= 0.6 is 0 Å². The zero-order chi connectivity index (χ0) is 20.0. The number of hydrogen-bond acceptors (Lipinski definition) is 5. The van der Waals surface area contributed by atoms with E-state index in [1.807, 2.05) is 19.9 Å². The fourth-order valence-corrected chi connectivity index (χ4v) is 2.69. The molecule has 0 saturated carbocycles. The van der Waals surface area contributed by atoms with Gasteiger partial charge < -0.3 is 19.9 Å². The normalized spacial score (nSPS) is 13.9. The van der Waals surface area contributed by atoms with Gasteiger partial charge in [-0.2, -0.15) is 0 Å². The fraction of sp³-hybridized carbons (Fsp3) is 0.474. The van der Waals surface area contributed by atoms with E-state index in [9.17, 15) is 19.2 Å². The van der Waals surface area contributed by atoms with E-state index in [2.05, 4.69) is 5.32 Å². The quantitative estimate of drug-likeness (QED) is 0.745. The van der Waals surface area contributed by atoms with Crippen LogP contribution in [0.2, 0.25) is 0 Å². The first-order valence-electron chi connectivity index (χ1n) is 8.82. The summed E-state index contributed by atoms with van der Waals surface area (Å²) in [7, 11) is 0. The van der Waals surface area contributed by atoms with Crippen LogP contribution in [-0.4, -0.2) is 72.8 Å². The van der Waals surface area contributed by atoms with Gasteiger partial charge in [-0.25, -0.2) is 0 Å². The number of rotatable bonds is 5. The number of piperazine rings is 1. The third-order valence-corrected chi connectivity index (χ3v) is 4.60. The number of amides is 3. The lowest BCUT2D eigenvalue weighted by Gasteiger charge is -2.34. The van der Waals surface area contributed by atoms with Crippen molar-refractivity contribution in [2.24, 2.45) is 0 Å². The molecule has 1 aliphatic rings. The number of carbonyl (C=O) groups excluding carboxylic acids is 4. The van der Waals surface area contributed by atoms with Gasteiger partial charge in [0.05, 0.1) is 0 Å². The van der Waals surface area contributed by atoms with Crippen molar-refractivity contribution in [1.82, 2.24) is 15.1 Å².